The average Bonchev–Trinajstić information content (AvgIpc) is 2.42. The number of carbonyl (C=O) groups excluding carboxylic acids is 1. The fraction of sp³-hybridized carbons (Fsp3) is 0.562. The standard InChI is InChI=1S/C16H21ClINO/c1-11-3-2-4-12(9-11)7-8-19-16(20)13-5-6-15(18)14(17)10-13/h5-6,10-12H,2-4,7-9H2,1H3,(H,19,20). The van der Waals surface area contributed by atoms with Crippen molar-refractivity contribution in [2.75, 3.05) is 6.54 Å². The van der Waals surface area contributed by atoms with Crippen LogP contribution >= 0.6 is 34.2 Å². The third kappa shape index (κ3) is 4.62. The zero-order valence-electron chi connectivity index (χ0n) is 11.8. The Kier molecular flexibility index (Phi) is 6.15. The van der Waals surface area contributed by atoms with E-state index in [2.05, 4.69) is 34.8 Å². The monoisotopic (exact) mass is 405 g/mol. The molecule has 0 aliphatic heterocycles. The van der Waals surface area contributed by atoms with E-state index in [9.17, 15) is 4.79 Å². The molecule has 0 spiro atoms. The Hall–Kier alpha value is -0.290. The summed E-state index contributed by atoms with van der Waals surface area (Å²) in [6.45, 7) is 3.10. The van der Waals surface area contributed by atoms with Gasteiger partial charge in [0.05, 0.1) is 5.02 Å². The van der Waals surface area contributed by atoms with Crippen molar-refractivity contribution in [2.45, 2.75) is 39.0 Å². The molecule has 4 heteroatoms. The summed E-state index contributed by atoms with van der Waals surface area (Å²) in [7, 11) is 0. The molecule has 1 fully saturated rings. The van der Waals surface area contributed by atoms with Gasteiger partial charge in [-0.2, -0.15) is 0 Å². The number of benzene rings is 1. The van der Waals surface area contributed by atoms with Crippen LogP contribution in [0.4, 0.5) is 0 Å². The molecule has 0 heterocycles. The maximum absolute atomic E-state index is 12.0. The quantitative estimate of drug-likeness (QED) is 0.710. The van der Waals surface area contributed by atoms with E-state index in [1.165, 1.54) is 25.7 Å². The van der Waals surface area contributed by atoms with Crippen LogP contribution in [0.5, 0.6) is 0 Å². The second-order valence-corrected chi connectivity index (χ2v) is 7.38. The molecular formula is C16H21ClINO. The lowest BCUT2D eigenvalue weighted by atomic mass is 9.81. The first kappa shape index (κ1) is 16.1. The Morgan fingerprint density at radius 2 is 2.25 bits per heavy atom. The van der Waals surface area contributed by atoms with Crippen LogP contribution in [0.1, 0.15) is 49.4 Å². The summed E-state index contributed by atoms with van der Waals surface area (Å²) in [6, 6.07) is 5.44. The minimum atomic E-state index is -0.0212. The number of hydrogen-bond donors (Lipinski definition) is 1. The van der Waals surface area contributed by atoms with Gasteiger partial charge in [-0.25, -0.2) is 0 Å². The summed E-state index contributed by atoms with van der Waals surface area (Å²) in [5.41, 5.74) is 0.646. The molecule has 1 aliphatic rings. The number of amides is 1. The van der Waals surface area contributed by atoms with Gasteiger partial charge < -0.3 is 5.32 Å². The van der Waals surface area contributed by atoms with Crippen molar-refractivity contribution in [3.05, 3.63) is 32.4 Å². The molecule has 0 saturated heterocycles. The van der Waals surface area contributed by atoms with Crippen molar-refractivity contribution < 1.29 is 4.79 Å². The first-order chi connectivity index (χ1) is 9.56. The van der Waals surface area contributed by atoms with Gasteiger partial charge in [-0.1, -0.05) is 37.8 Å². The van der Waals surface area contributed by atoms with E-state index < -0.39 is 0 Å². The van der Waals surface area contributed by atoms with Crippen molar-refractivity contribution in [3.63, 3.8) is 0 Å². The molecule has 20 heavy (non-hydrogen) atoms. The van der Waals surface area contributed by atoms with Gasteiger partial charge >= 0.3 is 0 Å². The molecule has 110 valence electrons. The Morgan fingerprint density at radius 3 is 2.95 bits per heavy atom. The summed E-state index contributed by atoms with van der Waals surface area (Å²) >= 11 is 8.20. The van der Waals surface area contributed by atoms with Crippen molar-refractivity contribution in [1.82, 2.24) is 5.32 Å². The van der Waals surface area contributed by atoms with Crippen LogP contribution in [0.25, 0.3) is 0 Å². The van der Waals surface area contributed by atoms with Crippen LogP contribution < -0.4 is 5.32 Å². The van der Waals surface area contributed by atoms with E-state index in [1.807, 2.05) is 12.1 Å². The Bertz CT molecular complexity index is 478. The first-order valence-corrected chi connectivity index (χ1v) is 8.75. The average molecular weight is 406 g/mol. The smallest absolute Gasteiger partial charge is 0.251 e. The van der Waals surface area contributed by atoms with Gasteiger partial charge in [0.25, 0.3) is 5.91 Å². The molecule has 2 unspecified atom stereocenters. The fourth-order valence-electron chi connectivity index (χ4n) is 2.95. The molecule has 1 N–H and O–H groups in total. The Labute approximate surface area is 139 Å². The minimum Gasteiger partial charge on any atom is -0.352 e. The number of rotatable bonds is 4. The third-order valence-electron chi connectivity index (χ3n) is 4.06. The predicted octanol–water partition coefficient (Wildman–Crippen LogP) is 4.89. The van der Waals surface area contributed by atoms with Crippen LogP contribution in [-0.2, 0) is 0 Å². The van der Waals surface area contributed by atoms with Crippen LogP contribution in [0.3, 0.4) is 0 Å². The highest BCUT2D eigenvalue weighted by Gasteiger charge is 2.18. The predicted molar refractivity (Wildman–Crippen MR) is 92.2 cm³/mol. The van der Waals surface area contributed by atoms with Gasteiger partial charge in [-0.3, -0.25) is 4.79 Å². The van der Waals surface area contributed by atoms with Crippen molar-refractivity contribution in [3.8, 4) is 0 Å². The molecular weight excluding hydrogens is 385 g/mol. The van der Waals surface area contributed by atoms with Crippen molar-refractivity contribution in [2.24, 2.45) is 11.8 Å². The maximum Gasteiger partial charge on any atom is 0.251 e. The molecule has 1 amide bonds. The SMILES string of the molecule is CC1CCCC(CCNC(=O)c2ccc(I)c(Cl)c2)C1. The van der Waals surface area contributed by atoms with Crippen molar-refractivity contribution >= 4 is 40.1 Å². The zero-order chi connectivity index (χ0) is 14.5. The summed E-state index contributed by atoms with van der Waals surface area (Å²) in [4.78, 5) is 12.0. The highest BCUT2D eigenvalue weighted by atomic mass is 127. The topological polar surface area (TPSA) is 29.1 Å². The molecule has 2 rings (SSSR count). The van der Waals surface area contributed by atoms with Gasteiger partial charge in [0.2, 0.25) is 0 Å². The van der Waals surface area contributed by atoms with Crippen molar-refractivity contribution in [1.29, 1.82) is 0 Å². The van der Waals surface area contributed by atoms with Crippen LogP contribution in [-0.4, -0.2) is 12.5 Å². The number of nitrogens with one attached hydrogen (secondary N) is 1. The molecule has 1 aromatic carbocycles. The van der Waals surface area contributed by atoms with E-state index in [-0.39, 0.29) is 5.91 Å². The lowest BCUT2D eigenvalue weighted by molar-refractivity contribution is 0.0949. The highest BCUT2D eigenvalue weighted by molar-refractivity contribution is 14.1. The number of carbonyl (C=O) groups is 1. The van der Waals surface area contributed by atoms with E-state index in [0.29, 0.717) is 10.6 Å². The second-order valence-electron chi connectivity index (χ2n) is 5.81. The van der Waals surface area contributed by atoms with Crippen LogP contribution in [0.2, 0.25) is 5.02 Å². The second kappa shape index (κ2) is 7.64. The highest BCUT2D eigenvalue weighted by Crippen LogP contribution is 2.30. The Morgan fingerprint density at radius 1 is 1.45 bits per heavy atom. The van der Waals surface area contributed by atoms with E-state index in [0.717, 1.165) is 28.4 Å². The van der Waals surface area contributed by atoms with Gasteiger partial charge in [0.15, 0.2) is 0 Å². The zero-order valence-corrected chi connectivity index (χ0v) is 14.7. The first-order valence-electron chi connectivity index (χ1n) is 7.29. The summed E-state index contributed by atoms with van der Waals surface area (Å²) in [5.74, 6) is 1.60. The fourth-order valence-corrected chi connectivity index (χ4v) is 3.47. The van der Waals surface area contributed by atoms with Gasteiger partial charge in [-0.15, -0.1) is 0 Å². The number of hydrogen-bond acceptors (Lipinski definition) is 1. The van der Waals surface area contributed by atoms with E-state index in [4.69, 9.17) is 11.6 Å². The Balaban J connectivity index is 1.78. The summed E-state index contributed by atoms with van der Waals surface area (Å²) < 4.78 is 0.969. The lowest BCUT2D eigenvalue weighted by Gasteiger charge is -2.26. The number of halogens is 2. The van der Waals surface area contributed by atoms with E-state index >= 15 is 0 Å². The minimum absolute atomic E-state index is 0.0212. The van der Waals surface area contributed by atoms with Crippen LogP contribution in [0.15, 0.2) is 18.2 Å². The summed E-state index contributed by atoms with van der Waals surface area (Å²) in [5, 5.41) is 3.65. The normalized spacial score (nSPS) is 22.6. The van der Waals surface area contributed by atoms with Gasteiger partial charge in [0.1, 0.15) is 0 Å². The molecule has 0 aromatic heterocycles. The molecule has 2 nitrogen and oxygen atoms in total. The molecule has 0 radical (unpaired) electrons. The maximum atomic E-state index is 12.0. The third-order valence-corrected chi connectivity index (χ3v) is 5.64. The van der Waals surface area contributed by atoms with Gasteiger partial charge in [0, 0.05) is 15.7 Å². The summed E-state index contributed by atoms with van der Waals surface area (Å²) in [6.07, 6.45) is 6.42. The van der Waals surface area contributed by atoms with Gasteiger partial charge in [-0.05, 0) is 65.5 Å². The van der Waals surface area contributed by atoms with Crippen LogP contribution in [0, 0.1) is 15.4 Å². The molecule has 2 atom stereocenters. The largest absolute Gasteiger partial charge is 0.352 e. The molecule has 1 saturated carbocycles. The lowest BCUT2D eigenvalue weighted by Crippen LogP contribution is -2.27. The van der Waals surface area contributed by atoms with E-state index in [1.54, 1.807) is 6.07 Å². The molecule has 0 bridgehead atoms. The molecule has 1 aliphatic carbocycles. The molecule has 1 aromatic rings.